The number of amides is 1. The van der Waals surface area contributed by atoms with Crippen LogP contribution in [0.5, 0.6) is 0 Å². The van der Waals surface area contributed by atoms with Crippen molar-refractivity contribution >= 4 is 29.6 Å². The molecule has 28 heavy (non-hydrogen) atoms. The van der Waals surface area contributed by atoms with Crippen LogP contribution in [0.4, 0.5) is 5.69 Å². The summed E-state index contributed by atoms with van der Waals surface area (Å²) >= 11 is 0. The molecular weight excluding hydrogens is 362 g/mol. The van der Waals surface area contributed by atoms with Crippen LogP contribution in [0.1, 0.15) is 37.7 Å². The van der Waals surface area contributed by atoms with Crippen LogP contribution in [0.2, 0.25) is 0 Å². The van der Waals surface area contributed by atoms with E-state index in [2.05, 4.69) is 5.32 Å². The minimum atomic E-state index is -1.06. The van der Waals surface area contributed by atoms with Crippen molar-refractivity contribution in [1.29, 1.82) is 0 Å². The summed E-state index contributed by atoms with van der Waals surface area (Å²) in [7, 11) is 0. The minimum Gasteiger partial charge on any atom is -0.478 e. The van der Waals surface area contributed by atoms with E-state index < -0.39 is 11.9 Å². The lowest BCUT2D eigenvalue weighted by atomic mass is 10.0. The van der Waals surface area contributed by atoms with Gasteiger partial charge in [0, 0.05) is 16.8 Å². The smallest absolute Gasteiger partial charge is 0.335 e. The molecular formula is C21H15NO6. The van der Waals surface area contributed by atoms with Gasteiger partial charge in [-0.1, -0.05) is 24.3 Å². The zero-order valence-corrected chi connectivity index (χ0v) is 14.5. The highest BCUT2D eigenvalue weighted by Crippen LogP contribution is 2.22. The Morgan fingerprint density at radius 3 is 2.11 bits per heavy atom. The van der Waals surface area contributed by atoms with Gasteiger partial charge in [0.25, 0.3) is 0 Å². The Morgan fingerprint density at radius 2 is 1.54 bits per heavy atom. The van der Waals surface area contributed by atoms with Gasteiger partial charge in [-0.2, -0.15) is 0 Å². The van der Waals surface area contributed by atoms with E-state index in [0.29, 0.717) is 28.9 Å². The number of carbonyl (C=O) groups excluding carboxylic acids is 3. The average molecular weight is 377 g/mol. The first-order valence-electron chi connectivity index (χ1n) is 8.28. The fourth-order valence-corrected chi connectivity index (χ4v) is 2.54. The van der Waals surface area contributed by atoms with Gasteiger partial charge in [-0.3, -0.25) is 14.4 Å². The second kappa shape index (κ2) is 8.13. The molecule has 0 unspecified atom stereocenters. The lowest BCUT2D eigenvalue weighted by Gasteiger charge is -2.06. The van der Waals surface area contributed by atoms with Crippen molar-refractivity contribution in [3.05, 3.63) is 77.6 Å². The Kier molecular flexibility index (Phi) is 5.45. The van der Waals surface area contributed by atoms with Gasteiger partial charge in [0.1, 0.15) is 5.76 Å². The number of carboxylic acid groups (broad SMARTS) is 1. The van der Waals surface area contributed by atoms with Gasteiger partial charge < -0.3 is 14.8 Å². The van der Waals surface area contributed by atoms with Crippen LogP contribution in [0.3, 0.4) is 0 Å². The van der Waals surface area contributed by atoms with Crippen molar-refractivity contribution in [3.8, 4) is 11.3 Å². The van der Waals surface area contributed by atoms with Crippen molar-refractivity contribution in [1.82, 2.24) is 0 Å². The number of rotatable bonds is 7. The molecule has 1 heterocycles. The summed E-state index contributed by atoms with van der Waals surface area (Å²) in [5.41, 5.74) is 1.57. The van der Waals surface area contributed by atoms with E-state index in [9.17, 15) is 19.2 Å². The zero-order chi connectivity index (χ0) is 20.1. The van der Waals surface area contributed by atoms with Gasteiger partial charge in [0.05, 0.1) is 12.0 Å². The summed E-state index contributed by atoms with van der Waals surface area (Å²) in [5, 5.41) is 11.4. The van der Waals surface area contributed by atoms with E-state index in [1.54, 1.807) is 36.4 Å². The third-order valence-electron chi connectivity index (χ3n) is 3.97. The van der Waals surface area contributed by atoms with Crippen LogP contribution >= 0.6 is 0 Å². The van der Waals surface area contributed by atoms with Crippen molar-refractivity contribution in [3.63, 3.8) is 0 Å². The van der Waals surface area contributed by atoms with Crippen LogP contribution in [-0.4, -0.2) is 29.1 Å². The van der Waals surface area contributed by atoms with Crippen molar-refractivity contribution in [2.75, 3.05) is 5.32 Å². The number of furan rings is 1. The Hall–Kier alpha value is -4.00. The Bertz CT molecular complexity index is 1030. The number of hydrogen-bond donors (Lipinski definition) is 2. The highest BCUT2D eigenvalue weighted by atomic mass is 16.4. The van der Waals surface area contributed by atoms with Crippen molar-refractivity contribution < 1.29 is 28.7 Å². The molecule has 3 aromatic rings. The number of Topliss-reactive ketones (excluding diaryl/α,β-unsaturated/α-hetero) is 1. The van der Waals surface area contributed by atoms with Gasteiger partial charge in [-0.25, -0.2) is 4.79 Å². The van der Waals surface area contributed by atoms with Crippen molar-refractivity contribution in [2.45, 2.75) is 6.42 Å². The highest BCUT2D eigenvalue weighted by Gasteiger charge is 2.13. The first-order valence-corrected chi connectivity index (χ1v) is 8.28. The quantitative estimate of drug-likeness (QED) is 0.369. The number of aldehydes is 1. The number of carboxylic acids is 1. The van der Waals surface area contributed by atoms with Gasteiger partial charge in [0.15, 0.2) is 17.8 Å². The maximum atomic E-state index is 12.3. The van der Waals surface area contributed by atoms with Crippen molar-refractivity contribution in [2.24, 2.45) is 0 Å². The van der Waals surface area contributed by atoms with E-state index in [4.69, 9.17) is 9.52 Å². The summed E-state index contributed by atoms with van der Waals surface area (Å²) in [6, 6.07) is 15.3. The van der Waals surface area contributed by atoms with E-state index >= 15 is 0 Å². The number of benzene rings is 2. The molecule has 1 aromatic heterocycles. The Labute approximate surface area is 159 Å². The molecule has 0 aliphatic heterocycles. The lowest BCUT2D eigenvalue weighted by molar-refractivity contribution is -0.115. The largest absolute Gasteiger partial charge is 0.478 e. The summed E-state index contributed by atoms with van der Waals surface area (Å²) < 4.78 is 5.32. The molecule has 0 bridgehead atoms. The van der Waals surface area contributed by atoms with Crippen LogP contribution in [0, 0.1) is 0 Å². The molecule has 7 heteroatoms. The highest BCUT2D eigenvalue weighted by molar-refractivity contribution is 6.11. The SMILES string of the molecule is O=Cc1ccc(-c2ccc(C(=O)CC(=O)Nc3ccc(C(=O)O)cc3)cc2)o1. The molecule has 0 spiro atoms. The molecule has 0 aliphatic rings. The van der Waals surface area contributed by atoms with Gasteiger partial charge >= 0.3 is 5.97 Å². The molecule has 0 atom stereocenters. The normalized spacial score (nSPS) is 10.3. The minimum absolute atomic E-state index is 0.103. The van der Waals surface area contributed by atoms with Crippen LogP contribution < -0.4 is 5.32 Å². The topological polar surface area (TPSA) is 114 Å². The molecule has 3 rings (SSSR count). The second-order valence-corrected chi connectivity index (χ2v) is 5.93. The van der Waals surface area contributed by atoms with E-state index in [1.807, 2.05) is 0 Å². The van der Waals surface area contributed by atoms with Gasteiger partial charge in [-0.05, 0) is 36.4 Å². The fourth-order valence-electron chi connectivity index (χ4n) is 2.54. The van der Waals surface area contributed by atoms with E-state index in [1.165, 1.54) is 24.3 Å². The number of anilines is 1. The first-order chi connectivity index (χ1) is 13.5. The number of nitrogens with one attached hydrogen (secondary N) is 1. The molecule has 0 saturated carbocycles. The number of hydrogen-bond acceptors (Lipinski definition) is 5. The zero-order valence-electron chi connectivity index (χ0n) is 14.5. The molecule has 7 nitrogen and oxygen atoms in total. The Morgan fingerprint density at radius 1 is 0.893 bits per heavy atom. The molecule has 0 saturated heterocycles. The second-order valence-electron chi connectivity index (χ2n) is 5.93. The number of ketones is 1. The fraction of sp³-hybridized carbons (Fsp3) is 0.0476. The summed E-state index contributed by atoms with van der Waals surface area (Å²) in [6.07, 6.45) is 0.255. The van der Waals surface area contributed by atoms with Crippen LogP contribution in [0.25, 0.3) is 11.3 Å². The molecule has 0 fully saturated rings. The molecule has 2 N–H and O–H groups in total. The number of aromatic carboxylic acids is 1. The Balaban J connectivity index is 1.61. The van der Waals surface area contributed by atoms with Crippen LogP contribution in [0.15, 0.2) is 65.1 Å². The summed E-state index contributed by atoms with van der Waals surface area (Å²) in [4.78, 5) is 45.8. The molecule has 0 aliphatic carbocycles. The molecule has 0 radical (unpaired) electrons. The standard InChI is InChI=1S/C21H15NO6/c23-12-17-9-10-19(28-17)14-3-1-13(2-4-14)18(24)11-20(25)22-16-7-5-15(6-8-16)21(26)27/h1-10,12H,11H2,(H,22,25)(H,26,27). The van der Waals surface area contributed by atoms with Gasteiger partial charge in [0.2, 0.25) is 5.91 Å². The summed E-state index contributed by atoms with van der Waals surface area (Å²) in [5.74, 6) is -1.21. The predicted octanol–water partition coefficient (Wildman–Crippen LogP) is 3.67. The average Bonchev–Trinajstić information content (AvgIpc) is 3.17. The molecule has 1 amide bonds. The summed E-state index contributed by atoms with van der Waals surface area (Å²) in [6.45, 7) is 0. The van der Waals surface area contributed by atoms with E-state index in [0.717, 1.165) is 0 Å². The molecule has 2 aromatic carbocycles. The third kappa shape index (κ3) is 4.39. The third-order valence-corrected chi connectivity index (χ3v) is 3.97. The predicted molar refractivity (Wildman–Crippen MR) is 101 cm³/mol. The number of carbonyl (C=O) groups is 4. The molecule has 140 valence electrons. The monoisotopic (exact) mass is 377 g/mol. The van der Waals surface area contributed by atoms with Gasteiger partial charge in [-0.15, -0.1) is 0 Å². The van der Waals surface area contributed by atoms with E-state index in [-0.39, 0.29) is 23.5 Å². The lowest BCUT2D eigenvalue weighted by Crippen LogP contribution is -2.16. The maximum absolute atomic E-state index is 12.3. The first kappa shape index (κ1) is 18.8. The van der Waals surface area contributed by atoms with Crippen LogP contribution in [-0.2, 0) is 4.79 Å². The maximum Gasteiger partial charge on any atom is 0.335 e.